The number of ether oxygens (including phenoxy) is 2. The summed E-state index contributed by atoms with van der Waals surface area (Å²) < 4.78 is 10.7. The fourth-order valence-electron chi connectivity index (χ4n) is 3.34. The van der Waals surface area contributed by atoms with Gasteiger partial charge in [0.2, 0.25) is 12.7 Å². The molecule has 2 aliphatic rings. The number of anilines is 1. The quantitative estimate of drug-likeness (QED) is 0.926. The molecule has 4 rings (SSSR count). The van der Waals surface area contributed by atoms with Gasteiger partial charge in [0.05, 0.1) is 0 Å². The number of carbonyl (C=O) groups is 1. The summed E-state index contributed by atoms with van der Waals surface area (Å²) in [6.45, 7) is 2.57. The summed E-state index contributed by atoms with van der Waals surface area (Å²) in [4.78, 5) is 18.8. The summed E-state index contributed by atoms with van der Waals surface area (Å²) >= 11 is 0. The Morgan fingerprint density at radius 1 is 1.12 bits per heavy atom. The van der Waals surface area contributed by atoms with Crippen molar-refractivity contribution >= 4 is 11.6 Å². The van der Waals surface area contributed by atoms with Gasteiger partial charge >= 0.3 is 0 Å². The van der Waals surface area contributed by atoms with Crippen LogP contribution in [0.3, 0.4) is 0 Å². The highest BCUT2D eigenvalue weighted by atomic mass is 16.7. The second-order valence-electron chi connectivity index (χ2n) is 6.37. The van der Waals surface area contributed by atoms with Crippen molar-refractivity contribution in [3.8, 4) is 11.5 Å². The first-order chi connectivity index (χ1) is 12.3. The zero-order valence-corrected chi connectivity index (χ0v) is 14.0. The summed E-state index contributed by atoms with van der Waals surface area (Å²) in [7, 11) is 0. The predicted octanol–water partition coefficient (Wildman–Crippen LogP) is 2.34. The van der Waals surface area contributed by atoms with Crippen molar-refractivity contribution < 1.29 is 14.3 Å². The average molecular weight is 339 g/mol. The highest BCUT2D eigenvalue weighted by molar-refractivity contribution is 5.79. The van der Waals surface area contributed by atoms with E-state index in [9.17, 15) is 4.79 Å². The van der Waals surface area contributed by atoms with E-state index >= 15 is 0 Å². The first kappa shape index (κ1) is 15.7. The third-order valence-electron chi connectivity index (χ3n) is 4.80. The second kappa shape index (κ2) is 7.01. The number of rotatable bonds is 4. The fourth-order valence-corrected chi connectivity index (χ4v) is 3.34. The van der Waals surface area contributed by atoms with Crippen LogP contribution >= 0.6 is 0 Å². The topological polar surface area (TPSA) is 63.7 Å². The molecular formula is C19H21N3O3. The van der Waals surface area contributed by atoms with Crippen LogP contribution in [0.2, 0.25) is 0 Å². The Balaban J connectivity index is 1.28. The summed E-state index contributed by atoms with van der Waals surface area (Å²) in [5.41, 5.74) is 2.20. The summed E-state index contributed by atoms with van der Waals surface area (Å²) in [5, 5.41) is 3.05. The highest BCUT2D eigenvalue weighted by Gasteiger charge is 2.25. The molecule has 130 valence electrons. The Morgan fingerprint density at radius 2 is 1.88 bits per heavy atom. The molecule has 1 saturated heterocycles. The number of hydrogen-bond acceptors (Lipinski definition) is 5. The van der Waals surface area contributed by atoms with Crippen molar-refractivity contribution in [2.24, 2.45) is 5.92 Å². The normalized spacial score (nSPS) is 16.7. The molecule has 25 heavy (non-hydrogen) atoms. The zero-order valence-electron chi connectivity index (χ0n) is 14.0. The second-order valence-corrected chi connectivity index (χ2v) is 6.37. The lowest BCUT2D eigenvalue weighted by Crippen LogP contribution is -2.40. The molecule has 2 aromatic rings. The monoisotopic (exact) mass is 339 g/mol. The Hall–Kier alpha value is -2.76. The Kier molecular flexibility index (Phi) is 4.41. The molecule has 0 spiro atoms. The number of hydrogen-bond donors (Lipinski definition) is 1. The molecule has 0 bridgehead atoms. The third kappa shape index (κ3) is 3.52. The molecule has 1 aromatic heterocycles. The highest BCUT2D eigenvalue weighted by Crippen LogP contribution is 2.32. The molecule has 1 aromatic carbocycles. The molecule has 0 unspecified atom stereocenters. The molecular weight excluding hydrogens is 318 g/mol. The van der Waals surface area contributed by atoms with Gasteiger partial charge in [-0.05, 0) is 42.7 Å². The molecule has 3 heterocycles. The molecule has 0 aliphatic carbocycles. The van der Waals surface area contributed by atoms with Crippen molar-refractivity contribution in [2.75, 3.05) is 24.8 Å². The van der Waals surface area contributed by atoms with Gasteiger partial charge in [0, 0.05) is 43.6 Å². The lowest BCUT2D eigenvalue weighted by atomic mass is 9.95. The maximum Gasteiger partial charge on any atom is 0.231 e. The summed E-state index contributed by atoms with van der Waals surface area (Å²) in [5.74, 6) is 1.72. The molecule has 6 nitrogen and oxygen atoms in total. The Morgan fingerprint density at radius 3 is 2.68 bits per heavy atom. The van der Waals surface area contributed by atoms with Gasteiger partial charge in [-0.15, -0.1) is 0 Å². The number of pyridine rings is 1. The van der Waals surface area contributed by atoms with E-state index in [1.54, 1.807) is 12.4 Å². The maximum absolute atomic E-state index is 12.5. The van der Waals surface area contributed by atoms with E-state index in [1.165, 1.54) is 5.69 Å². The van der Waals surface area contributed by atoms with Gasteiger partial charge in [-0.1, -0.05) is 6.07 Å². The van der Waals surface area contributed by atoms with Crippen LogP contribution in [0.25, 0.3) is 0 Å². The summed E-state index contributed by atoms with van der Waals surface area (Å²) in [6, 6.07) is 9.80. The largest absolute Gasteiger partial charge is 0.454 e. The van der Waals surface area contributed by atoms with Crippen LogP contribution in [-0.4, -0.2) is 30.8 Å². The van der Waals surface area contributed by atoms with Crippen molar-refractivity contribution in [3.05, 3.63) is 48.3 Å². The molecule has 0 radical (unpaired) electrons. The van der Waals surface area contributed by atoms with E-state index in [-0.39, 0.29) is 18.6 Å². The minimum atomic E-state index is 0.0760. The van der Waals surface area contributed by atoms with Gasteiger partial charge in [-0.3, -0.25) is 9.78 Å². The van der Waals surface area contributed by atoms with E-state index in [2.05, 4.69) is 15.2 Å². The molecule has 1 N–H and O–H groups in total. The average Bonchev–Trinajstić information content (AvgIpc) is 3.15. The van der Waals surface area contributed by atoms with Gasteiger partial charge in [0.25, 0.3) is 0 Å². The smallest absolute Gasteiger partial charge is 0.231 e. The molecule has 2 aliphatic heterocycles. The Labute approximate surface area is 146 Å². The van der Waals surface area contributed by atoms with Gasteiger partial charge in [0.1, 0.15) is 0 Å². The van der Waals surface area contributed by atoms with Crippen LogP contribution in [0.5, 0.6) is 11.5 Å². The first-order valence-corrected chi connectivity index (χ1v) is 8.61. The molecule has 1 fully saturated rings. The standard InChI is InChI=1S/C19H21N3O3/c23-19(21-12-14-1-2-17-18(11-14)25-13-24-17)15-5-9-22(10-6-15)16-3-7-20-8-4-16/h1-4,7-8,11,15H,5-6,9-10,12-13H2,(H,21,23). The minimum absolute atomic E-state index is 0.0760. The van der Waals surface area contributed by atoms with Crippen LogP contribution in [-0.2, 0) is 11.3 Å². The lowest BCUT2D eigenvalue weighted by Gasteiger charge is -2.32. The van der Waals surface area contributed by atoms with E-state index in [0.717, 1.165) is 43.0 Å². The van der Waals surface area contributed by atoms with Crippen LogP contribution in [0.4, 0.5) is 5.69 Å². The Bertz CT molecular complexity index is 743. The van der Waals surface area contributed by atoms with Gasteiger partial charge in [-0.2, -0.15) is 0 Å². The molecule has 1 amide bonds. The van der Waals surface area contributed by atoms with Crippen LogP contribution in [0, 0.1) is 5.92 Å². The number of carbonyl (C=O) groups excluding carboxylic acids is 1. The van der Waals surface area contributed by atoms with E-state index in [4.69, 9.17) is 9.47 Å². The molecule has 0 atom stereocenters. The molecule has 6 heteroatoms. The number of piperidine rings is 1. The van der Waals surface area contributed by atoms with Gasteiger partial charge in [0.15, 0.2) is 11.5 Å². The SMILES string of the molecule is O=C(NCc1ccc2c(c1)OCO2)C1CCN(c2ccncc2)CC1. The lowest BCUT2D eigenvalue weighted by molar-refractivity contribution is -0.125. The van der Waals surface area contributed by atoms with Crippen molar-refractivity contribution in [3.63, 3.8) is 0 Å². The van der Waals surface area contributed by atoms with Crippen molar-refractivity contribution in [1.82, 2.24) is 10.3 Å². The van der Waals surface area contributed by atoms with Crippen molar-refractivity contribution in [2.45, 2.75) is 19.4 Å². The maximum atomic E-state index is 12.5. The van der Waals surface area contributed by atoms with Crippen LogP contribution in [0.1, 0.15) is 18.4 Å². The number of nitrogens with zero attached hydrogens (tertiary/aromatic N) is 2. The predicted molar refractivity (Wildman–Crippen MR) is 93.6 cm³/mol. The fraction of sp³-hybridized carbons (Fsp3) is 0.368. The first-order valence-electron chi connectivity index (χ1n) is 8.61. The van der Waals surface area contributed by atoms with Gasteiger partial charge < -0.3 is 19.7 Å². The number of aromatic nitrogens is 1. The van der Waals surface area contributed by atoms with Crippen LogP contribution in [0.15, 0.2) is 42.7 Å². The van der Waals surface area contributed by atoms with Crippen LogP contribution < -0.4 is 19.7 Å². The van der Waals surface area contributed by atoms with Crippen molar-refractivity contribution in [1.29, 1.82) is 0 Å². The number of amides is 1. The number of nitrogens with one attached hydrogen (secondary N) is 1. The minimum Gasteiger partial charge on any atom is -0.454 e. The zero-order chi connectivity index (χ0) is 17.1. The molecule has 0 saturated carbocycles. The third-order valence-corrected chi connectivity index (χ3v) is 4.80. The van der Waals surface area contributed by atoms with E-state index < -0.39 is 0 Å². The number of fused-ring (bicyclic) bond motifs is 1. The summed E-state index contributed by atoms with van der Waals surface area (Å²) in [6.07, 6.45) is 5.35. The van der Waals surface area contributed by atoms with E-state index in [0.29, 0.717) is 6.54 Å². The number of benzene rings is 1. The van der Waals surface area contributed by atoms with E-state index in [1.807, 2.05) is 30.3 Å². The van der Waals surface area contributed by atoms with Gasteiger partial charge in [-0.25, -0.2) is 0 Å².